The molecule has 3 aromatic rings. The van der Waals surface area contributed by atoms with E-state index in [1.54, 1.807) is 6.07 Å². The molecule has 4 rings (SSSR count). The van der Waals surface area contributed by atoms with Crippen LogP contribution >= 0.6 is 34.7 Å². The van der Waals surface area contributed by atoms with Crippen molar-refractivity contribution in [3.63, 3.8) is 0 Å². The summed E-state index contributed by atoms with van der Waals surface area (Å²) < 4.78 is 5.36. The van der Waals surface area contributed by atoms with Crippen molar-refractivity contribution in [1.29, 1.82) is 0 Å². The average Bonchev–Trinajstić information content (AvgIpc) is 3.17. The molecule has 176 valence electrons. The summed E-state index contributed by atoms with van der Waals surface area (Å²) in [7, 11) is 0. The molecule has 0 atom stereocenters. The fraction of sp³-hybridized carbons (Fsp3) is 0.240. The Morgan fingerprint density at radius 1 is 1.03 bits per heavy atom. The van der Waals surface area contributed by atoms with Crippen molar-refractivity contribution in [3.8, 4) is 0 Å². The quantitative estimate of drug-likeness (QED) is 0.367. The van der Waals surface area contributed by atoms with Gasteiger partial charge in [0.1, 0.15) is 5.00 Å². The number of nitrogens with one attached hydrogen (secondary N) is 2. The third kappa shape index (κ3) is 6.00. The monoisotopic (exact) mass is 514 g/mol. The van der Waals surface area contributed by atoms with E-state index in [9.17, 15) is 14.4 Å². The Morgan fingerprint density at radius 2 is 1.76 bits per heavy atom. The average molecular weight is 515 g/mol. The minimum Gasteiger partial charge on any atom is -0.452 e. The number of para-hydroxylation sites is 1. The Kier molecular flexibility index (Phi) is 7.92. The lowest BCUT2D eigenvalue weighted by Gasteiger charge is -2.13. The zero-order valence-corrected chi connectivity index (χ0v) is 20.9. The summed E-state index contributed by atoms with van der Waals surface area (Å²) >= 11 is 8.86. The van der Waals surface area contributed by atoms with Crippen molar-refractivity contribution in [3.05, 3.63) is 69.6 Å². The highest BCUT2D eigenvalue weighted by Crippen LogP contribution is 2.38. The first-order valence-electron chi connectivity index (χ1n) is 10.8. The van der Waals surface area contributed by atoms with E-state index in [0.29, 0.717) is 21.3 Å². The highest BCUT2D eigenvalue weighted by molar-refractivity contribution is 7.99. The van der Waals surface area contributed by atoms with Gasteiger partial charge in [0, 0.05) is 26.6 Å². The Labute approximate surface area is 211 Å². The van der Waals surface area contributed by atoms with Crippen molar-refractivity contribution in [1.82, 2.24) is 0 Å². The second-order valence-electron chi connectivity index (χ2n) is 7.77. The van der Waals surface area contributed by atoms with E-state index < -0.39 is 18.5 Å². The molecule has 1 heterocycles. The molecule has 0 radical (unpaired) electrons. The van der Waals surface area contributed by atoms with Crippen LogP contribution in [0, 0.1) is 0 Å². The van der Waals surface area contributed by atoms with Crippen molar-refractivity contribution in [2.75, 3.05) is 17.2 Å². The Bertz CT molecular complexity index is 1220. The number of amides is 2. The van der Waals surface area contributed by atoms with E-state index in [1.165, 1.54) is 30.0 Å². The molecule has 1 aromatic heterocycles. The number of aryl methyl sites for hydroxylation is 1. The highest BCUT2D eigenvalue weighted by atomic mass is 35.5. The van der Waals surface area contributed by atoms with Gasteiger partial charge < -0.3 is 15.4 Å². The second kappa shape index (κ2) is 11.1. The maximum Gasteiger partial charge on any atom is 0.341 e. The van der Waals surface area contributed by atoms with Crippen LogP contribution in [-0.2, 0) is 27.2 Å². The molecular weight excluding hydrogens is 492 g/mol. The molecule has 0 fully saturated rings. The molecule has 0 saturated carbocycles. The zero-order chi connectivity index (χ0) is 24.1. The molecular formula is C25H23ClN2O4S2. The molecule has 34 heavy (non-hydrogen) atoms. The number of carbonyl (C=O) groups excluding carboxylic acids is 3. The predicted molar refractivity (Wildman–Crippen MR) is 136 cm³/mol. The maximum atomic E-state index is 12.9. The lowest BCUT2D eigenvalue weighted by Crippen LogP contribution is -2.22. The number of anilines is 2. The molecule has 0 spiro atoms. The van der Waals surface area contributed by atoms with Gasteiger partial charge in [0.25, 0.3) is 5.91 Å². The van der Waals surface area contributed by atoms with Gasteiger partial charge in [-0.05, 0) is 67.6 Å². The first-order chi connectivity index (χ1) is 16.4. The summed E-state index contributed by atoms with van der Waals surface area (Å²) in [5, 5.41) is 6.71. The third-order valence-corrected chi connectivity index (χ3v) is 7.74. The van der Waals surface area contributed by atoms with Gasteiger partial charge in [-0.2, -0.15) is 0 Å². The van der Waals surface area contributed by atoms with Crippen LogP contribution in [0.25, 0.3) is 0 Å². The molecule has 0 unspecified atom stereocenters. The summed E-state index contributed by atoms with van der Waals surface area (Å²) in [4.78, 5) is 40.1. The zero-order valence-electron chi connectivity index (χ0n) is 18.5. The fourth-order valence-electron chi connectivity index (χ4n) is 3.71. The molecule has 0 bridgehead atoms. The maximum absolute atomic E-state index is 12.9. The number of thiophene rings is 1. The number of hydrogen-bond acceptors (Lipinski definition) is 6. The molecule has 6 nitrogen and oxygen atoms in total. The minimum atomic E-state index is -0.595. The number of carbonyl (C=O) groups is 3. The fourth-order valence-corrected chi connectivity index (χ4v) is 6.06. The van der Waals surface area contributed by atoms with Gasteiger partial charge in [-0.1, -0.05) is 35.5 Å². The largest absolute Gasteiger partial charge is 0.452 e. The highest BCUT2D eigenvalue weighted by Gasteiger charge is 2.27. The topological polar surface area (TPSA) is 84.5 Å². The molecule has 1 aliphatic carbocycles. The molecule has 0 saturated heterocycles. The minimum absolute atomic E-state index is 0.250. The van der Waals surface area contributed by atoms with Crippen LogP contribution in [0.1, 0.15) is 40.6 Å². The van der Waals surface area contributed by atoms with Crippen molar-refractivity contribution in [2.45, 2.75) is 42.4 Å². The summed E-state index contributed by atoms with van der Waals surface area (Å²) in [6.07, 6.45) is 3.67. The van der Waals surface area contributed by atoms with Crippen molar-refractivity contribution >= 4 is 63.2 Å². The van der Waals surface area contributed by atoms with Gasteiger partial charge >= 0.3 is 5.97 Å². The number of hydrogen-bond donors (Lipinski definition) is 2. The lowest BCUT2D eigenvalue weighted by molar-refractivity contribution is -0.119. The van der Waals surface area contributed by atoms with E-state index >= 15 is 0 Å². The number of benzene rings is 2. The second-order valence-corrected chi connectivity index (χ2v) is 10.4. The number of esters is 1. The molecule has 1 aliphatic rings. The van der Waals surface area contributed by atoms with Gasteiger partial charge in [-0.3, -0.25) is 9.59 Å². The van der Waals surface area contributed by atoms with E-state index in [4.69, 9.17) is 16.3 Å². The lowest BCUT2D eigenvalue weighted by atomic mass is 9.95. The van der Waals surface area contributed by atoms with Crippen LogP contribution < -0.4 is 10.6 Å². The number of ether oxygens (including phenoxy) is 1. The summed E-state index contributed by atoms with van der Waals surface area (Å²) in [6.45, 7) is 0.976. The molecule has 2 amide bonds. The van der Waals surface area contributed by atoms with Crippen LogP contribution in [0.5, 0.6) is 0 Å². The number of rotatable bonds is 7. The number of fused-ring (bicyclic) bond motifs is 1. The first kappa shape index (κ1) is 24.3. The van der Waals surface area contributed by atoms with Gasteiger partial charge in [-0.25, -0.2) is 4.79 Å². The van der Waals surface area contributed by atoms with E-state index in [0.717, 1.165) is 45.9 Å². The Balaban J connectivity index is 1.42. The third-order valence-electron chi connectivity index (χ3n) is 5.20. The molecule has 2 aromatic carbocycles. The summed E-state index contributed by atoms with van der Waals surface area (Å²) in [5.41, 5.74) is 1.92. The summed E-state index contributed by atoms with van der Waals surface area (Å²) in [5.74, 6) is -1.29. The number of halogens is 1. The summed E-state index contributed by atoms with van der Waals surface area (Å²) in [6, 6.07) is 14.8. The van der Waals surface area contributed by atoms with Crippen LogP contribution in [0.15, 0.2) is 58.3 Å². The smallest absolute Gasteiger partial charge is 0.341 e. The van der Waals surface area contributed by atoms with Gasteiger partial charge in [0.05, 0.1) is 11.3 Å². The predicted octanol–water partition coefficient (Wildman–Crippen LogP) is 6.19. The Hall–Kier alpha value is -2.81. The van der Waals surface area contributed by atoms with Crippen LogP contribution in [-0.4, -0.2) is 24.4 Å². The van der Waals surface area contributed by atoms with Crippen molar-refractivity contribution in [2.24, 2.45) is 0 Å². The molecule has 2 N–H and O–H groups in total. The van der Waals surface area contributed by atoms with Crippen LogP contribution in [0.4, 0.5) is 10.7 Å². The Morgan fingerprint density at radius 3 is 2.53 bits per heavy atom. The van der Waals surface area contributed by atoms with Gasteiger partial charge in [0.15, 0.2) is 6.61 Å². The molecule has 0 aliphatic heterocycles. The van der Waals surface area contributed by atoms with Crippen molar-refractivity contribution < 1.29 is 19.1 Å². The van der Waals surface area contributed by atoms with E-state index in [2.05, 4.69) is 10.6 Å². The first-order valence-corrected chi connectivity index (χ1v) is 12.8. The van der Waals surface area contributed by atoms with Gasteiger partial charge in [-0.15, -0.1) is 11.3 Å². The SMILES string of the molecule is CC(=O)Nc1sc2c(c1C(=O)OCC(=O)Nc1ccccc1Sc1ccc(Cl)cc1)CCCC2. The normalized spacial score (nSPS) is 12.5. The van der Waals surface area contributed by atoms with Crippen LogP contribution in [0.2, 0.25) is 5.02 Å². The standard InChI is InChI=1S/C25H23ClN2O4S2/c1-15(29)27-24-23(18-6-2-4-8-20(18)34-24)25(31)32-14-22(30)28-19-7-3-5-9-21(19)33-17-12-10-16(26)11-13-17/h3,5,7,9-13H,2,4,6,8,14H2,1H3,(H,27,29)(H,28,30). The van der Waals surface area contributed by atoms with E-state index in [-0.39, 0.29) is 5.91 Å². The molecule has 9 heteroatoms. The van der Waals surface area contributed by atoms with Crippen LogP contribution in [0.3, 0.4) is 0 Å². The van der Waals surface area contributed by atoms with Gasteiger partial charge in [0.2, 0.25) is 5.91 Å². The van der Waals surface area contributed by atoms with E-state index in [1.807, 2.05) is 42.5 Å².